The van der Waals surface area contributed by atoms with E-state index in [2.05, 4.69) is 0 Å². The molecule has 0 atom stereocenters. The minimum Gasteiger partial charge on any atom is -0.392 e. The maximum Gasteiger partial charge on any atom is 0.0624 e. The second-order valence-electron chi connectivity index (χ2n) is 1.97. The molecule has 0 unspecified atom stereocenters. The zero-order chi connectivity index (χ0) is 5.11. The Labute approximate surface area is 45.5 Å². The molecule has 0 aromatic rings. The summed E-state index contributed by atoms with van der Waals surface area (Å²) < 4.78 is 0. The predicted octanol–water partition coefficient (Wildman–Crippen LogP) is 1.21. The molecule has 0 saturated carbocycles. The largest absolute Gasteiger partial charge is 0.392 e. The third-order valence-electron chi connectivity index (χ3n) is 1.40. The highest BCUT2D eigenvalue weighted by Gasteiger charge is 2.11. The van der Waals surface area contributed by atoms with E-state index in [1.807, 2.05) is 0 Å². The molecule has 0 spiro atoms. The second-order valence-corrected chi connectivity index (χ2v) is 4.49. The Bertz CT molecular complexity index is 50.0. The van der Waals surface area contributed by atoms with Crippen LogP contribution in [0.2, 0.25) is 0 Å². The van der Waals surface area contributed by atoms with Gasteiger partial charge in [0.25, 0.3) is 0 Å². The number of aliphatic hydroxyl groups excluding tert-OH is 1. The van der Waals surface area contributed by atoms with Crippen LogP contribution in [0.3, 0.4) is 0 Å². The van der Waals surface area contributed by atoms with Crippen LogP contribution in [-0.2, 0) is 0 Å². The van der Waals surface area contributed by atoms with Crippen molar-refractivity contribution in [2.24, 2.45) is 0 Å². The Balaban J connectivity index is 2.14. The van der Waals surface area contributed by atoms with Crippen LogP contribution in [0.25, 0.3) is 0 Å². The molecule has 2 heteroatoms. The van der Waals surface area contributed by atoms with Gasteiger partial charge in [-0.05, 0) is 25.2 Å². The van der Waals surface area contributed by atoms with Crippen LogP contribution in [0.15, 0.2) is 0 Å². The highest BCUT2D eigenvalue weighted by atomic mass is 31.1. The lowest BCUT2D eigenvalue weighted by Gasteiger charge is -2.00. The summed E-state index contributed by atoms with van der Waals surface area (Å²) in [6.07, 6.45) is 5.87. The van der Waals surface area contributed by atoms with E-state index in [0.29, 0.717) is 6.35 Å². The van der Waals surface area contributed by atoms with Crippen molar-refractivity contribution < 1.29 is 5.11 Å². The van der Waals surface area contributed by atoms with Crippen LogP contribution >= 0.6 is 7.92 Å². The van der Waals surface area contributed by atoms with E-state index in [1.165, 1.54) is 25.2 Å². The molecule has 42 valence electrons. The molecule has 0 bridgehead atoms. The van der Waals surface area contributed by atoms with E-state index in [0.717, 1.165) is 0 Å². The molecule has 1 fully saturated rings. The topological polar surface area (TPSA) is 20.2 Å². The number of hydrogen-bond donors (Lipinski definition) is 1. The van der Waals surface area contributed by atoms with Crippen molar-refractivity contribution in [3.63, 3.8) is 0 Å². The first-order valence-corrected chi connectivity index (χ1v) is 4.66. The first-order chi connectivity index (χ1) is 3.43. The van der Waals surface area contributed by atoms with Crippen LogP contribution in [0.4, 0.5) is 0 Å². The summed E-state index contributed by atoms with van der Waals surface area (Å²) in [4.78, 5) is 0. The number of aliphatic hydroxyl groups is 1. The third-order valence-corrected chi connectivity index (χ3v) is 3.70. The van der Waals surface area contributed by atoms with Gasteiger partial charge in [-0.2, -0.15) is 0 Å². The van der Waals surface area contributed by atoms with Crippen molar-refractivity contribution in [2.75, 3.05) is 18.7 Å². The Morgan fingerprint density at radius 2 is 1.86 bits per heavy atom. The summed E-state index contributed by atoms with van der Waals surface area (Å²) in [6, 6.07) is 0. The average Bonchev–Trinajstić information content (AvgIpc) is 2.14. The standard InChI is InChI=1S/C5H11OP/c6-5-7-3-1-2-4-7/h6H,1-5H2. The maximum atomic E-state index is 8.59. The lowest BCUT2D eigenvalue weighted by atomic mass is 10.4. The number of hydrogen-bond acceptors (Lipinski definition) is 1. The summed E-state index contributed by atoms with van der Waals surface area (Å²) in [5.74, 6) is 0. The Morgan fingerprint density at radius 1 is 1.29 bits per heavy atom. The van der Waals surface area contributed by atoms with Crippen LogP contribution in [0, 0.1) is 0 Å². The molecule has 1 N–H and O–H groups in total. The molecule has 0 aromatic heterocycles. The zero-order valence-electron chi connectivity index (χ0n) is 4.43. The Hall–Kier alpha value is 0.390. The maximum absolute atomic E-state index is 8.59. The van der Waals surface area contributed by atoms with Crippen molar-refractivity contribution in [3.8, 4) is 0 Å². The molecule has 1 rings (SSSR count). The van der Waals surface area contributed by atoms with Crippen LogP contribution < -0.4 is 0 Å². The second kappa shape index (κ2) is 2.64. The van der Waals surface area contributed by atoms with E-state index >= 15 is 0 Å². The zero-order valence-corrected chi connectivity index (χ0v) is 5.32. The van der Waals surface area contributed by atoms with Gasteiger partial charge in [-0.1, -0.05) is 7.92 Å². The van der Waals surface area contributed by atoms with Gasteiger partial charge in [0.1, 0.15) is 0 Å². The summed E-state index contributed by atoms with van der Waals surface area (Å²) in [7, 11) is 0.113. The highest BCUT2D eigenvalue weighted by Crippen LogP contribution is 2.41. The minimum atomic E-state index is 0.113. The molecule has 1 aliphatic heterocycles. The van der Waals surface area contributed by atoms with Crippen LogP contribution in [0.1, 0.15) is 12.8 Å². The first kappa shape index (κ1) is 5.53. The highest BCUT2D eigenvalue weighted by molar-refractivity contribution is 7.57. The molecule has 1 nitrogen and oxygen atoms in total. The third kappa shape index (κ3) is 1.40. The van der Waals surface area contributed by atoms with Crippen molar-refractivity contribution >= 4 is 7.92 Å². The molecule has 7 heavy (non-hydrogen) atoms. The molecule has 1 aliphatic rings. The van der Waals surface area contributed by atoms with Gasteiger partial charge in [0.05, 0.1) is 6.35 Å². The summed E-state index contributed by atoms with van der Waals surface area (Å²) in [5.41, 5.74) is 0. The van der Waals surface area contributed by atoms with Gasteiger partial charge in [-0.3, -0.25) is 0 Å². The molecule has 0 aliphatic carbocycles. The summed E-state index contributed by atoms with van der Waals surface area (Å²) in [6.45, 7) is 0. The van der Waals surface area contributed by atoms with Crippen molar-refractivity contribution in [1.29, 1.82) is 0 Å². The molecule has 0 amide bonds. The summed E-state index contributed by atoms with van der Waals surface area (Å²) >= 11 is 0. The molecular formula is C5H11OP. The minimum absolute atomic E-state index is 0.113. The van der Waals surface area contributed by atoms with E-state index in [1.54, 1.807) is 0 Å². The molecule has 0 aromatic carbocycles. The van der Waals surface area contributed by atoms with E-state index in [4.69, 9.17) is 5.11 Å². The lowest BCUT2D eigenvalue weighted by Crippen LogP contribution is -1.80. The SMILES string of the molecule is OCP1CCCC1. The molecule has 1 saturated heterocycles. The van der Waals surface area contributed by atoms with Gasteiger partial charge in [0, 0.05) is 0 Å². The molecule has 0 radical (unpaired) electrons. The average molecular weight is 118 g/mol. The van der Waals surface area contributed by atoms with E-state index < -0.39 is 0 Å². The number of rotatable bonds is 1. The summed E-state index contributed by atoms with van der Waals surface area (Å²) in [5, 5.41) is 8.59. The quantitative estimate of drug-likeness (QED) is 0.513. The Kier molecular flexibility index (Phi) is 2.08. The van der Waals surface area contributed by atoms with E-state index in [-0.39, 0.29) is 7.92 Å². The van der Waals surface area contributed by atoms with Gasteiger partial charge in [0.2, 0.25) is 0 Å². The monoisotopic (exact) mass is 118 g/mol. The van der Waals surface area contributed by atoms with Gasteiger partial charge in [-0.25, -0.2) is 0 Å². The van der Waals surface area contributed by atoms with Gasteiger partial charge in [0.15, 0.2) is 0 Å². The Morgan fingerprint density at radius 3 is 2.14 bits per heavy atom. The van der Waals surface area contributed by atoms with E-state index in [9.17, 15) is 0 Å². The van der Waals surface area contributed by atoms with Gasteiger partial charge < -0.3 is 5.11 Å². The van der Waals surface area contributed by atoms with Crippen molar-refractivity contribution in [1.82, 2.24) is 0 Å². The first-order valence-electron chi connectivity index (χ1n) is 2.76. The molecule has 1 heterocycles. The van der Waals surface area contributed by atoms with Crippen molar-refractivity contribution in [2.45, 2.75) is 12.8 Å². The normalized spacial score (nSPS) is 23.6. The lowest BCUT2D eigenvalue weighted by molar-refractivity contribution is 0.370. The van der Waals surface area contributed by atoms with Crippen LogP contribution in [0.5, 0.6) is 0 Å². The molecular weight excluding hydrogens is 107 g/mol. The van der Waals surface area contributed by atoms with Crippen LogP contribution in [-0.4, -0.2) is 23.8 Å². The van der Waals surface area contributed by atoms with Gasteiger partial charge >= 0.3 is 0 Å². The fourth-order valence-corrected chi connectivity index (χ4v) is 2.77. The predicted molar refractivity (Wildman–Crippen MR) is 33.0 cm³/mol. The smallest absolute Gasteiger partial charge is 0.0624 e. The van der Waals surface area contributed by atoms with Gasteiger partial charge in [-0.15, -0.1) is 0 Å². The fourth-order valence-electron chi connectivity index (χ4n) is 0.924. The van der Waals surface area contributed by atoms with Crippen molar-refractivity contribution in [3.05, 3.63) is 0 Å². The fraction of sp³-hybridized carbons (Fsp3) is 1.00.